The van der Waals surface area contributed by atoms with Crippen molar-refractivity contribution >= 4 is 0 Å². The van der Waals surface area contributed by atoms with E-state index in [-0.39, 0.29) is 0 Å². The lowest BCUT2D eigenvalue weighted by molar-refractivity contribution is 0.266. The maximum Gasteiger partial charge on any atom is 0.0722 e. The largest absolute Gasteiger partial charge is 0.338 e. The van der Waals surface area contributed by atoms with Crippen molar-refractivity contribution in [1.82, 2.24) is 9.88 Å². The van der Waals surface area contributed by atoms with Gasteiger partial charge in [0.1, 0.15) is 0 Å². The summed E-state index contributed by atoms with van der Waals surface area (Å²) in [7, 11) is 0. The molecule has 2 heterocycles. The first-order chi connectivity index (χ1) is 6.09. The lowest BCUT2D eigenvalue weighted by atomic mass is 9.78. The molecule has 1 unspecified atom stereocenters. The Morgan fingerprint density at radius 1 is 1.46 bits per heavy atom. The van der Waals surface area contributed by atoms with Crippen molar-refractivity contribution in [3.05, 3.63) is 24.0 Å². The molecule has 1 aliphatic heterocycles. The van der Waals surface area contributed by atoms with Crippen LogP contribution in [0.15, 0.2) is 18.3 Å². The lowest BCUT2D eigenvalue weighted by Crippen LogP contribution is -2.37. The van der Waals surface area contributed by atoms with Crippen LogP contribution in [-0.4, -0.2) is 11.1 Å². The van der Waals surface area contributed by atoms with Gasteiger partial charge in [0.15, 0.2) is 0 Å². The van der Waals surface area contributed by atoms with Crippen LogP contribution in [0.1, 0.15) is 32.4 Å². The molecule has 2 heteroatoms. The Kier molecular flexibility index (Phi) is 1.95. The fourth-order valence-electron chi connectivity index (χ4n) is 2.07. The lowest BCUT2D eigenvalue weighted by Gasteiger charge is -2.35. The maximum absolute atomic E-state index is 3.45. The molecule has 1 aromatic heterocycles. The number of fused-ring (bicyclic) bond motifs is 1. The molecule has 2 nitrogen and oxygen atoms in total. The highest BCUT2D eigenvalue weighted by Gasteiger charge is 2.29. The highest BCUT2D eigenvalue weighted by molar-refractivity contribution is 5.17. The van der Waals surface area contributed by atoms with Gasteiger partial charge in [-0.3, -0.25) is 5.32 Å². The number of nitrogens with one attached hydrogen (secondary N) is 1. The van der Waals surface area contributed by atoms with Gasteiger partial charge in [0.25, 0.3) is 0 Å². The molecule has 1 N–H and O–H groups in total. The molecule has 0 aromatic carbocycles. The SMILES string of the molecule is CC(C)(C)C1CNCn2cccc21. The standard InChI is InChI=1S/C11H18N2/c1-11(2,3)9-7-12-8-13-6-4-5-10(9)13/h4-6,9,12H,7-8H2,1-3H3. The van der Waals surface area contributed by atoms with Gasteiger partial charge < -0.3 is 4.57 Å². The first kappa shape index (κ1) is 8.82. The second kappa shape index (κ2) is 2.88. The molecule has 0 aliphatic carbocycles. The van der Waals surface area contributed by atoms with Crippen LogP contribution in [0.25, 0.3) is 0 Å². The van der Waals surface area contributed by atoms with Gasteiger partial charge >= 0.3 is 0 Å². The van der Waals surface area contributed by atoms with Crippen LogP contribution in [0.3, 0.4) is 0 Å². The first-order valence-electron chi connectivity index (χ1n) is 4.95. The van der Waals surface area contributed by atoms with E-state index in [1.165, 1.54) is 5.69 Å². The van der Waals surface area contributed by atoms with Crippen LogP contribution in [0.4, 0.5) is 0 Å². The summed E-state index contributed by atoms with van der Waals surface area (Å²) in [6.07, 6.45) is 2.15. The van der Waals surface area contributed by atoms with E-state index in [1.54, 1.807) is 0 Å². The fourth-order valence-corrected chi connectivity index (χ4v) is 2.07. The Labute approximate surface area is 79.9 Å². The van der Waals surface area contributed by atoms with Crippen LogP contribution in [0, 0.1) is 5.41 Å². The highest BCUT2D eigenvalue weighted by atomic mass is 15.1. The summed E-state index contributed by atoms with van der Waals surface area (Å²) in [5.74, 6) is 0.635. The number of nitrogens with zero attached hydrogens (tertiary/aromatic N) is 1. The molecule has 1 aliphatic rings. The van der Waals surface area contributed by atoms with Gasteiger partial charge in [-0.1, -0.05) is 20.8 Å². The third-order valence-electron chi connectivity index (χ3n) is 2.90. The van der Waals surface area contributed by atoms with Crippen molar-refractivity contribution < 1.29 is 0 Å². The van der Waals surface area contributed by atoms with E-state index in [0.29, 0.717) is 11.3 Å². The Bertz CT molecular complexity index is 293. The average molecular weight is 178 g/mol. The topological polar surface area (TPSA) is 17.0 Å². The second-order valence-electron chi connectivity index (χ2n) is 4.93. The van der Waals surface area contributed by atoms with Gasteiger partial charge in [-0.25, -0.2) is 0 Å². The molecular weight excluding hydrogens is 160 g/mol. The first-order valence-corrected chi connectivity index (χ1v) is 4.95. The molecule has 0 radical (unpaired) electrons. The van der Waals surface area contributed by atoms with Gasteiger partial charge in [-0.05, 0) is 17.5 Å². The smallest absolute Gasteiger partial charge is 0.0722 e. The van der Waals surface area contributed by atoms with Crippen molar-refractivity contribution in [1.29, 1.82) is 0 Å². The molecule has 0 saturated heterocycles. The predicted octanol–water partition coefficient (Wildman–Crippen LogP) is 2.18. The summed E-state index contributed by atoms with van der Waals surface area (Å²) < 4.78 is 2.30. The molecule has 2 rings (SSSR count). The van der Waals surface area contributed by atoms with E-state index in [0.717, 1.165) is 13.2 Å². The van der Waals surface area contributed by atoms with E-state index in [2.05, 4.69) is 49.0 Å². The average Bonchev–Trinajstić information content (AvgIpc) is 2.48. The van der Waals surface area contributed by atoms with E-state index in [4.69, 9.17) is 0 Å². The molecule has 0 fully saturated rings. The fraction of sp³-hybridized carbons (Fsp3) is 0.636. The molecule has 0 bridgehead atoms. The zero-order valence-electron chi connectivity index (χ0n) is 8.67. The van der Waals surface area contributed by atoms with Crippen LogP contribution >= 0.6 is 0 Å². The second-order valence-corrected chi connectivity index (χ2v) is 4.93. The van der Waals surface area contributed by atoms with Crippen LogP contribution in [-0.2, 0) is 6.67 Å². The van der Waals surface area contributed by atoms with Gasteiger partial charge in [-0.2, -0.15) is 0 Å². The van der Waals surface area contributed by atoms with Crippen LogP contribution < -0.4 is 5.32 Å². The Morgan fingerprint density at radius 2 is 2.23 bits per heavy atom. The van der Waals surface area contributed by atoms with Gasteiger partial charge in [0, 0.05) is 24.4 Å². The van der Waals surface area contributed by atoms with E-state index in [1.807, 2.05) is 0 Å². The van der Waals surface area contributed by atoms with Crippen molar-refractivity contribution in [3.63, 3.8) is 0 Å². The third-order valence-corrected chi connectivity index (χ3v) is 2.90. The highest BCUT2D eigenvalue weighted by Crippen LogP contribution is 2.35. The molecule has 1 aromatic rings. The minimum Gasteiger partial charge on any atom is -0.338 e. The quantitative estimate of drug-likeness (QED) is 0.644. The summed E-state index contributed by atoms with van der Waals surface area (Å²) in [5.41, 5.74) is 1.83. The van der Waals surface area contributed by atoms with E-state index < -0.39 is 0 Å². The Hall–Kier alpha value is -0.760. The van der Waals surface area contributed by atoms with Gasteiger partial charge in [0.05, 0.1) is 6.67 Å². The number of hydrogen-bond donors (Lipinski definition) is 1. The van der Waals surface area contributed by atoms with Crippen molar-refractivity contribution in [2.45, 2.75) is 33.4 Å². The molecule has 0 saturated carbocycles. The summed E-state index contributed by atoms with van der Waals surface area (Å²) in [4.78, 5) is 0. The van der Waals surface area contributed by atoms with E-state index >= 15 is 0 Å². The van der Waals surface area contributed by atoms with Crippen molar-refractivity contribution in [2.75, 3.05) is 6.54 Å². The number of aromatic nitrogens is 1. The molecule has 0 spiro atoms. The maximum atomic E-state index is 3.45. The predicted molar refractivity (Wildman–Crippen MR) is 54.6 cm³/mol. The summed E-state index contributed by atoms with van der Waals surface area (Å²) >= 11 is 0. The summed E-state index contributed by atoms with van der Waals surface area (Å²) in [5, 5.41) is 3.45. The zero-order chi connectivity index (χ0) is 9.47. The number of hydrogen-bond acceptors (Lipinski definition) is 1. The molecular formula is C11H18N2. The summed E-state index contributed by atoms with van der Waals surface area (Å²) in [6.45, 7) is 8.99. The molecule has 72 valence electrons. The zero-order valence-corrected chi connectivity index (χ0v) is 8.67. The van der Waals surface area contributed by atoms with Crippen LogP contribution in [0.2, 0.25) is 0 Å². The number of rotatable bonds is 0. The minimum atomic E-state index is 0.351. The Morgan fingerprint density at radius 3 is 2.92 bits per heavy atom. The molecule has 0 amide bonds. The Balaban J connectivity index is 2.35. The third kappa shape index (κ3) is 1.51. The van der Waals surface area contributed by atoms with Gasteiger partial charge in [-0.15, -0.1) is 0 Å². The van der Waals surface area contributed by atoms with E-state index in [9.17, 15) is 0 Å². The van der Waals surface area contributed by atoms with Crippen molar-refractivity contribution in [3.8, 4) is 0 Å². The normalized spacial score (nSPS) is 22.8. The monoisotopic (exact) mass is 178 g/mol. The molecule has 1 atom stereocenters. The summed E-state index contributed by atoms with van der Waals surface area (Å²) in [6, 6.07) is 4.39. The minimum absolute atomic E-state index is 0.351. The molecule has 13 heavy (non-hydrogen) atoms. The van der Waals surface area contributed by atoms with Crippen LogP contribution in [0.5, 0.6) is 0 Å². The van der Waals surface area contributed by atoms with Crippen molar-refractivity contribution in [2.24, 2.45) is 5.41 Å². The van der Waals surface area contributed by atoms with Gasteiger partial charge in [0.2, 0.25) is 0 Å².